The number of carboxylic acid groups (broad SMARTS) is 1. The molecule has 6 nitrogen and oxygen atoms in total. The van der Waals surface area contributed by atoms with E-state index in [0.29, 0.717) is 24.7 Å². The fourth-order valence-corrected chi connectivity index (χ4v) is 4.73. The van der Waals surface area contributed by atoms with Gasteiger partial charge in [-0.15, -0.1) is 0 Å². The van der Waals surface area contributed by atoms with Crippen LogP contribution >= 0.6 is 0 Å². The first-order valence-corrected chi connectivity index (χ1v) is 12.3. The molecule has 1 aliphatic rings. The molecule has 1 unspecified atom stereocenters. The second-order valence-corrected chi connectivity index (χ2v) is 9.05. The zero-order valence-corrected chi connectivity index (χ0v) is 20.1. The van der Waals surface area contributed by atoms with Gasteiger partial charge in [-0.05, 0) is 67.5 Å². The molecule has 0 saturated heterocycles. The third kappa shape index (κ3) is 5.61. The van der Waals surface area contributed by atoms with Crippen molar-refractivity contribution in [2.45, 2.75) is 65.0 Å². The van der Waals surface area contributed by atoms with Crippen molar-refractivity contribution in [2.24, 2.45) is 11.1 Å². The maximum absolute atomic E-state index is 11.4. The SMILES string of the molecule is CCC(Oc1ccc(C(=NOCCn2ccc3ccccc32)C2CCCCC2)cc1C)C(=O)O. The molecule has 1 saturated carbocycles. The number of carbonyl (C=O) groups is 1. The zero-order chi connectivity index (χ0) is 23.9. The second-order valence-electron chi connectivity index (χ2n) is 9.05. The summed E-state index contributed by atoms with van der Waals surface area (Å²) in [5, 5.41) is 15.2. The molecule has 0 radical (unpaired) electrons. The van der Waals surface area contributed by atoms with E-state index in [1.54, 1.807) is 0 Å². The first kappa shape index (κ1) is 23.9. The molecule has 0 bridgehead atoms. The van der Waals surface area contributed by atoms with Gasteiger partial charge < -0.3 is 19.2 Å². The lowest BCUT2D eigenvalue weighted by Gasteiger charge is -2.24. The summed E-state index contributed by atoms with van der Waals surface area (Å²) in [5.41, 5.74) is 4.10. The standard InChI is InChI=1S/C28H34N2O4/c1-3-25(28(31)32)34-26-14-13-23(19-20(26)2)27(22-10-5-4-6-11-22)29-33-18-17-30-16-15-21-9-7-8-12-24(21)30/h7-9,12-16,19,22,25H,3-6,10-11,17-18H2,1-2H3,(H,31,32). The molecule has 34 heavy (non-hydrogen) atoms. The summed E-state index contributed by atoms with van der Waals surface area (Å²) in [6.45, 7) is 4.98. The van der Waals surface area contributed by atoms with E-state index in [9.17, 15) is 9.90 Å². The lowest BCUT2D eigenvalue weighted by atomic mass is 9.83. The number of rotatable bonds is 10. The van der Waals surface area contributed by atoms with Crippen LogP contribution in [0.4, 0.5) is 0 Å². The molecule has 2 aromatic carbocycles. The van der Waals surface area contributed by atoms with Crippen molar-refractivity contribution >= 4 is 22.6 Å². The highest BCUT2D eigenvalue weighted by Crippen LogP contribution is 2.30. The summed E-state index contributed by atoms with van der Waals surface area (Å²) in [4.78, 5) is 17.2. The number of nitrogens with zero attached hydrogens (tertiary/aromatic N) is 2. The highest BCUT2D eigenvalue weighted by molar-refractivity contribution is 6.02. The Morgan fingerprint density at radius 3 is 2.68 bits per heavy atom. The van der Waals surface area contributed by atoms with E-state index in [1.165, 1.54) is 30.2 Å². The van der Waals surface area contributed by atoms with E-state index in [1.807, 2.05) is 44.2 Å². The lowest BCUT2D eigenvalue weighted by Crippen LogP contribution is -2.26. The minimum atomic E-state index is -0.945. The topological polar surface area (TPSA) is 73.0 Å². The molecule has 6 heteroatoms. The van der Waals surface area contributed by atoms with Crippen molar-refractivity contribution in [1.29, 1.82) is 0 Å². The van der Waals surface area contributed by atoms with Crippen molar-refractivity contribution < 1.29 is 19.5 Å². The number of ether oxygens (including phenoxy) is 1. The summed E-state index contributed by atoms with van der Waals surface area (Å²) in [5.74, 6) is 0.0236. The van der Waals surface area contributed by atoms with E-state index in [4.69, 9.17) is 9.57 Å². The van der Waals surface area contributed by atoms with Gasteiger partial charge >= 0.3 is 5.97 Å². The number of oxime groups is 1. The molecule has 1 aromatic heterocycles. The largest absolute Gasteiger partial charge is 0.479 e. The second kappa shape index (κ2) is 11.2. The number of para-hydroxylation sites is 1. The summed E-state index contributed by atoms with van der Waals surface area (Å²) in [6, 6.07) is 16.3. The smallest absolute Gasteiger partial charge is 0.344 e. The average Bonchev–Trinajstić information content (AvgIpc) is 3.27. The van der Waals surface area contributed by atoms with E-state index >= 15 is 0 Å². The van der Waals surface area contributed by atoms with Gasteiger partial charge in [0.05, 0.1) is 12.3 Å². The van der Waals surface area contributed by atoms with Gasteiger partial charge in [-0.1, -0.05) is 49.5 Å². The third-order valence-corrected chi connectivity index (χ3v) is 6.64. The van der Waals surface area contributed by atoms with Gasteiger partial charge in [0.2, 0.25) is 0 Å². The molecule has 0 amide bonds. The molecule has 1 heterocycles. The molecule has 180 valence electrons. The molecule has 0 spiro atoms. The van der Waals surface area contributed by atoms with Crippen LogP contribution in [0.3, 0.4) is 0 Å². The highest BCUT2D eigenvalue weighted by Gasteiger charge is 2.23. The van der Waals surface area contributed by atoms with Crippen molar-refractivity contribution in [1.82, 2.24) is 4.57 Å². The average molecular weight is 463 g/mol. The number of carboxylic acids is 1. The Labute approximate surface area is 201 Å². The Kier molecular flexibility index (Phi) is 7.88. The number of hydrogen-bond acceptors (Lipinski definition) is 4. The molecule has 0 aliphatic heterocycles. The molecule has 1 fully saturated rings. The quantitative estimate of drug-likeness (QED) is 0.221. The van der Waals surface area contributed by atoms with E-state index < -0.39 is 12.1 Å². The molecular weight excluding hydrogens is 428 g/mol. The predicted molar refractivity (Wildman–Crippen MR) is 135 cm³/mol. The van der Waals surface area contributed by atoms with Crippen LogP contribution in [0.2, 0.25) is 0 Å². The van der Waals surface area contributed by atoms with Gasteiger partial charge in [0.15, 0.2) is 6.10 Å². The Bertz CT molecular complexity index is 1140. The van der Waals surface area contributed by atoms with Crippen molar-refractivity contribution in [3.05, 3.63) is 65.9 Å². The summed E-state index contributed by atoms with van der Waals surface area (Å²) in [7, 11) is 0. The summed E-state index contributed by atoms with van der Waals surface area (Å²) in [6.07, 6.45) is 7.55. The molecule has 1 atom stereocenters. The Morgan fingerprint density at radius 2 is 1.94 bits per heavy atom. The molecule has 1 N–H and O–H groups in total. The minimum absolute atomic E-state index is 0.370. The highest BCUT2D eigenvalue weighted by atomic mass is 16.6. The number of aromatic nitrogens is 1. The van der Waals surface area contributed by atoms with Crippen LogP contribution in [-0.4, -0.2) is 34.1 Å². The van der Waals surface area contributed by atoms with E-state index in [2.05, 4.69) is 34.1 Å². The van der Waals surface area contributed by atoms with Crippen LogP contribution in [0.1, 0.15) is 56.6 Å². The maximum atomic E-state index is 11.4. The van der Waals surface area contributed by atoms with Crippen LogP contribution in [-0.2, 0) is 16.2 Å². The fourth-order valence-electron chi connectivity index (χ4n) is 4.73. The third-order valence-electron chi connectivity index (χ3n) is 6.64. The Balaban J connectivity index is 1.49. The van der Waals surface area contributed by atoms with Crippen LogP contribution in [0.15, 0.2) is 59.9 Å². The van der Waals surface area contributed by atoms with Crippen LogP contribution < -0.4 is 4.74 Å². The molecule has 3 aromatic rings. The van der Waals surface area contributed by atoms with Crippen molar-refractivity contribution in [3.8, 4) is 5.75 Å². The zero-order valence-electron chi connectivity index (χ0n) is 20.1. The fraction of sp³-hybridized carbons (Fsp3) is 0.429. The van der Waals surface area contributed by atoms with Gasteiger partial charge in [-0.3, -0.25) is 0 Å². The van der Waals surface area contributed by atoms with E-state index in [-0.39, 0.29) is 0 Å². The van der Waals surface area contributed by atoms with Gasteiger partial charge in [-0.2, -0.15) is 0 Å². The van der Waals surface area contributed by atoms with Crippen LogP contribution in [0.5, 0.6) is 5.75 Å². The minimum Gasteiger partial charge on any atom is -0.479 e. The van der Waals surface area contributed by atoms with Crippen LogP contribution in [0, 0.1) is 12.8 Å². The number of fused-ring (bicyclic) bond motifs is 1. The van der Waals surface area contributed by atoms with E-state index in [0.717, 1.165) is 36.2 Å². The number of aliphatic carboxylic acids is 1. The number of hydrogen-bond donors (Lipinski definition) is 1. The van der Waals surface area contributed by atoms with Gasteiger partial charge in [0, 0.05) is 23.2 Å². The van der Waals surface area contributed by atoms with Gasteiger partial charge in [-0.25, -0.2) is 4.79 Å². The number of benzene rings is 2. The lowest BCUT2D eigenvalue weighted by molar-refractivity contribution is -0.145. The maximum Gasteiger partial charge on any atom is 0.344 e. The summed E-state index contributed by atoms with van der Waals surface area (Å²) >= 11 is 0. The normalized spacial score (nSPS) is 15.9. The molecule has 1 aliphatic carbocycles. The number of aryl methyl sites for hydroxylation is 1. The molecular formula is C28H34N2O4. The summed E-state index contributed by atoms with van der Waals surface area (Å²) < 4.78 is 7.93. The van der Waals surface area contributed by atoms with Crippen molar-refractivity contribution in [2.75, 3.05) is 6.61 Å². The van der Waals surface area contributed by atoms with Gasteiger partial charge in [0.25, 0.3) is 0 Å². The first-order valence-electron chi connectivity index (χ1n) is 12.3. The van der Waals surface area contributed by atoms with Gasteiger partial charge in [0.1, 0.15) is 12.4 Å². The first-order chi connectivity index (χ1) is 16.6. The van der Waals surface area contributed by atoms with Crippen LogP contribution in [0.25, 0.3) is 10.9 Å². The molecule has 4 rings (SSSR count). The Hall–Kier alpha value is -3.28. The predicted octanol–water partition coefficient (Wildman–Crippen LogP) is 6.19. The Morgan fingerprint density at radius 1 is 1.15 bits per heavy atom. The van der Waals surface area contributed by atoms with Crippen molar-refractivity contribution in [3.63, 3.8) is 0 Å². The monoisotopic (exact) mass is 462 g/mol.